The van der Waals surface area contributed by atoms with Crippen LogP contribution in [-0.2, 0) is 0 Å². The van der Waals surface area contributed by atoms with Crippen LogP contribution in [0, 0.1) is 11.3 Å². The second kappa shape index (κ2) is 9.34. The molecule has 1 heterocycles. The average Bonchev–Trinajstić information content (AvgIpc) is 2.95. The van der Waals surface area contributed by atoms with Gasteiger partial charge in [-0.2, -0.15) is 0 Å². The fourth-order valence-electron chi connectivity index (χ4n) is 3.12. The van der Waals surface area contributed by atoms with Gasteiger partial charge >= 0.3 is 0 Å². The topological polar surface area (TPSA) is 12.4 Å². The molecule has 0 spiro atoms. The van der Waals surface area contributed by atoms with Gasteiger partial charge in [-0.25, -0.2) is 0 Å². The van der Waals surface area contributed by atoms with Crippen molar-refractivity contribution >= 4 is 6.21 Å². The average molecular weight is 263 g/mol. The van der Waals surface area contributed by atoms with Gasteiger partial charge in [0.1, 0.15) is 0 Å². The Kier molecular flexibility index (Phi) is 8.09. The summed E-state index contributed by atoms with van der Waals surface area (Å²) < 4.78 is 0. The number of unbranched alkanes of at least 4 members (excludes halogenated alkanes) is 6. The standard InChI is InChI=1S/C18H33N/c1-4-6-8-10-13-18(3,14-11-9-7-5-2)17-12-15-19-16-17/h12,15-17H,4-11,13-14H2,1-3H3. The number of aliphatic imine (C=N–C) groups is 1. The highest BCUT2D eigenvalue weighted by molar-refractivity contribution is 5.68. The van der Waals surface area contributed by atoms with Crippen molar-refractivity contribution in [2.45, 2.75) is 85.0 Å². The molecule has 0 N–H and O–H groups in total. The molecule has 1 aliphatic heterocycles. The van der Waals surface area contributed by atoms with Gasteiger partial charge in [-0.3, -0.25) is 4.99 Å². The van der Waals surface area contributed by atoms with Gasteiger partial charge in [0.25, 0.3) is 0 Å². The van der Waals surface area contributed by atoms with E-state index in [2.05, 4.69) is 38.1 Å². The van der Waals surface area contributed by atoms with E-state index in [9.17, 15) is 0 Å². The molecule has 1 rings (SSSR count). The molecule has 1 heteroatoms. The Morgan fingerprint density at radius 3 is 1.89 bits per heavy atom. The first-order valence-electron chi connectivity index (χ1n) is 8.43. The first-order valence-corrected chi connectivity index (χ1v) is 8.43. The van der Waals surface area contributed by atoms with Gasteiger partial charge in [0.15, 0.2) is 0 Å². The lowest BCUT2D eigenvalue weighted by atomic mass is 9.70. The van der Waals surface area contributed by atoms with Crippen LogP contribution in [0.4, 0.5) is 0 Å². The number of hydrogen-bond acceptors (Lipinski definition) is 1. The van der Waals surface area contributed by atoms with Gasteiger partial charge in [0.2, 0.25) is 0 Å². The number of nitrogens with zero attached hydrogens (tertiary/aromatic N) is 1. The van der Waals surface area contributed by atoms with Crippen molar-refractivity contribution in [3.8, 4) is 0 Å². The van der Waals surface area contributed by atoms with Gasteiger partial charge in [0, 0.05) is 18.3 Å². The Morgan fingerprint density at radius 1 is 0.895 bits per heavy atom. The molecule has 1 aliphatic rings. The minimum atomic E-state index is 0.442. The van der Waals surface area contributed by atoms with Crippen LogP contribution in [0.2, 0.25) is 0 Å². The lowest BCUT2D eigenvalue weighted by molar-refractivity contribution is 0.221. The van der Waals surface area contributed by atoms with Crippen LogP contribution in [-0.4, -0.2) is 6.21 Å². The van der Waals surface area contributed by atoms with Gasteiger partial charge < -0.3 is 0 Å². The van der Waals surface area contributed by atoms with Crippen LogP contribution < -0.4 is 0 Å². The summed E-state index contributed by atoms with van der Waals surface area (Å²) in [5, 5.41) is 0. The van der Waals surface area contributed by atoms with E-state index in [4.69, 9.17) is 0 Å². The van der Waals surface area contributed by atoms with E-state index in [0.29, 0.717) is 11.3 Å². The summed E-state index contributed by atoms with van der Waals surface area (Å²) in [5.74, 6) is 0.579. The monoisotopic (exact) mass is 263 g/mol. The predicted octanol–water partition coefficient (Wildman–Crippen LogP) is 6.15. The molecule has 0 saturated heterocycles. The highest BCUT2D eigenvalue weighted by Crippen LogP contribution is 2.40. The maximum atomic E-state index is 4.31. The minimum Gasteiger partial charge on any atom is -0.269 e. The van der Waals surface area contributed by atoms with Crippen molar-refractivity contribution in [3.63, 3.8) is 0 Å². The second-order valence-corrected chi connectivity index (χ2v) is 6.44. The maximum absolute atomic E-state index is 4.31. The number of allylic oxidation sites excluding steroid dienone is 1. The third kappa shape index (κ3) is 5.93. The Balaban J connectivity index is 2.41. The molecule has 0 saturated carbocycles. The maximum Gasteiger partial charge on any atom is 0.0230 e. The molecule has 0 fully saturated rings. The molecule has 1 atom stereocenters. The predicted molar refractivity (Wildman–Crippen MR) is 86.7 cm³/mol. The Bertz CT molecular complexity index is 253. The van der Waals surface area contributed by atoms with Crippen LogP contribution in [0.3, 0.4) is 0 Å². The molecular formula is C18H33N. The molecule has 0 aromatic rings. The Hall–Kier alpha value is -0.590. The summed E-state index contributed by atoms with van der Waals surface area (Å²) in [7, 11) is 0. The molecule has 0 aromatic carbocycles. The molecule has 19 heavy (non-hydrogen) atoms. The minimum absolute atomic E-state index is 0.442. The zero-order valence-electron chi connectivity index (χ0n) is 13.3. The van der Waals surface area contributed by atoms with Crippen LogP contribution in [0.5, 0.6) is 0 Å². The molecule has 0 bridgehead atoms. The summed E-state index contributed by atoms with van der Waals surface area (Å²) in [6.45, 7) is 7.06. The molecule has 0 radical (unpaired) electrons. The summed E-state index contributed by atoms with van der Waals surface area (Å²) in [4.78, 5) is 4.31. The van der Waals surface area contributed by atoms with E-state index in [1.807, 2.05) is 6.20 Å². The van der Waals surface area contributed by atoms with E-state index in [-0.39, 0.29) is 0 Å². The van der Waals surface area contributed by atoms with Gasteiger partial charge in [0.05, 0.1) is 0 Å². The van der Waals surface area contributed by atoms with E-state index in [1.165, 1.54) is 64.2 Å². The molecule has 0 aliphatic carbocycles. The molecule has 0 amide bonds. The van der Waals surface area contributed by atoms with Crippen LogP contribution >= 0.6 is 0 Å². The quantitative estimate of drug-likeness (QED) is 0.396. The van der Waals surface area contributed by atoms with Crippen molar-refractivity contribution in [1.82, 2.24) is 0 Å². The molecule has 1 nitrogen and oxygen atoms in total. The van der Waals surface area contributed by atoms with Crippen molar-refractivity contribution in [1.29, 1.82) is 0 Å². The van der Waals surface area contributed by atoms with Crippen molar-refractivity contribution in [3.05, 3.63) is 12.3 Å². The van der Waals surface area contributed by atoms with Crippen LogP contribution in [0.15, 0.2) is 17.3 Å². The third-order valence-electron chi connectivity index (χ3n) is 4.63. The Morgan fingerprint density at radius 2 is 1.47 bits per heavy atom. The summed E-state index contributed by atoms with van der Waals surface area (Å²) >= 11 is 0. The largest absolute Gasteiger partial charge is 0.269 e. The summed E-state index contributed by atoms with van der Waals surface area (Å²) in [5.41, 5.74) is 0.442. The lowest BCUT2D eigenvalue weighted by Crippen LogP contribution is -2.26. The molecule has 110 valence electrons. The molecule has 0 aromatic heterocycles. The molecular weight excluding hydrogens is 230 g/mol. The SMILES string of the molecule is CCCCCCC(C)(CCCCCC)C1C=CN=C1. The summed E-state index contributed by atoms with van der Waals surface area (Å²) in [6.07, 6.45) is 20.2. The lowest BCUT2D eigenvalue weighted by Gasteiger charge is -2.34. The van der Waals surface area contributed by atoms with E-state index in [1.54, 1.807) is 0 Å². The van der Waals surface area contributed by atoms with Crippen LogP contribution in [0.1, 0.15) is 85.0 Å². The number of hydrogen-bond donors (Lipinski definition) is 0. The summed E-state index contributed by atoms with van der Waals surface area (Å²) in [6, 6.07) is 0. The zero-order valence-corrected chi connectivity index (χ0v) is 13.3. The van der Waals surface area contributed by atoms with Gasteiger partial charge in [-0.05, 0) is 18.3 Å². The van der Waals surface area contributed by atoms with Crippen LogP contribution in [0.25, 0.3) is 0 Å². The van der Waals surface area contributed by atoms with E-state index >= 15 is 0 Å². The smallest absolute Gasteiger partial charge is 0.0230 e. The fourth-order valence-corrected chi connectivity index (χ4v) is 3.12. The van der Waals surface area contributed by atoms with Gasteiger partial charge in [-0.15, -0.1) is 0 Å². The number of rotatable bonds is 11. The van der Waals surface area contributed by atoms with E-state index in [0.717, 1.165) is 0 Å². The normalized spacial score (nSPS) is 18.4. The highest BCUT2D eigenvalue weighted by atomic mass is 14.7. The van der Waals surface area contributed by atoms with Gasteiger partial charge in [-0.1, -0.05) is 78.2 Å². The molecule has 1 unspecified atom stereocenters. The fraction of sp³-hybridized carbons (Fsp3) is 0.833. The highest BCUT2D eigenvalue weighted by Gasteiger charge is 2.31. The Labute approximate surface area is 120 Å². The second-order valence-electron chi connectivity index (χ2n) is 6.44. The first-order chi connectivity index (χ1) is 9.23. The first kappa shape index (κ1) is 16.5. The van der Waals surface area contributed by atoms with Crippen molar-refractivity contribution in [2.24, 2.45) is 16.3 Å². The third-order valence-corrected chi connectivity index (χ3v) is 4.63. The van der Waals surface area contributed by atoms with Crippen molar-refractivity contribution in [2.75, 3.05) is 0 Å². The van der Waals surface area contributed by atoms with Crippen molar-refractivity contribution < 1.29 is 0 Å². The zero-order chi connectivity index (χ0) is 14.0. The van der Waals surface area contributed by atoms with E-state index < -0.39 is 0 Å².